The lowest BCUT2D eigenvalue weighted by molar-refractivity contribution is 0.831. The van der Waals surface area contributed by atoms with E-state index in [9.17, 15) is 0 Å². The molecule has 0 aliphatic carbocycles. The molecule has 0 aliphatic heterocycles. The molecule has 484 valence electrons. The predicted molar refractivity (Wildman–Crippen MR) is 416 cm³/mol. The van der Waals surface area contributed by atoms with Gasteiger partial charge in [0.05, 0.1) is 44.5 Å². The fraction of sp³-hybridized carbons (Fsp3) is 0.0659. The Bertz CT molecular complexity index is 6270. The Morgan fingerprint density at radius 1 is 0.225 bits per heavy atom. The fourth-order valence-electron chi connectivity index (χ4n) is 13.7. The molecule has 11 heteroatoms. The van der Waals surface area contributed by atoms with Crippen LogP contribution in [0.4, 0.5) is 0 Å². The van der Waals surface area contributed by atoms with Gasteiger partial charge in [-0.15, -0.1) is 0 Å². The molecule has 0 saturated heterocycles. The van der Waals surface area contributed by atoms with Crippen LogP contribution in [0, 0.1) is 20.8 Å². The Morgan fingerprint density at radius 3 is 1.14 bits per heavy atom. The lowest BCUT2D eigenvalue weighted by Gasteiger charge is -2.14. The largest absolute Gasteiger partial charge is 0.256 e. The van der Waals surface area contributed by atoms with Crippen molar-refractivity contribution >= 4 is 65.4 Å². The van der Waals surface area contributed by atoms with Crippen LogP contribution in [0.2, 0.25) is 0 Å². The molecule has 102 heavy (non-hydrogen) atoms. The molecule has 0 unspecified atom stereocenters. The first-order chi connectivity index (χ1) is 50.0. The molecule has 10 aromatic carbocycles. The van der Waals surface area contributed by atoms with Crippen LogP contribution in [0.5, 0.6) is 0 Å². The molecule has 0 bridgehead atoms. The van der Waals surface area contributed by atoms with Gasteiger partial charge in [0.1, 0.15) is 0 Å². The zero-order valence-corrected chi connectivity index (χ0v) is 56.8. The Kier molecular flexibility index (Phi) is 16.2. The minimum Gasteiger partial charge on any atom is -0.256 e. The van der Waals surface area contributed by atoms with Gasteiger partial charge in [0.25, 0.3) is 0 Å². The SMILES string of the molecule is Cc1ccc2ccc3c(-c4ccc(-c5nc(-c6ccccc6)nc(-c6cccc(-c7cccc8cccnc78)c6)n5)cc4)cc(C(C)C)nc3c2n1.Cc1ccc2ccc3c(-c4cccc(-c5cc(-c6cccc(-c7cccc8cccnc78)c6)nc(-c6ccccc6)n5)c4)cc(C)nc3c2n1. The van der Waals surface area contributed by atoms with Gasteiger partial charge >= 0.3 is 0 Å². The summed E-state index contributed by atoms with van der Waals surface area (Å²) in [5.41, 5.74) is 25.8. The quantitative estimate of drug-likeness (QED) is 0.114. The van der Waals surface area contributed by atoms with Gasteiger partial charge in [-0.05, 0) is 121 Å². The summed E-state index contributed by atoms with van der Waals surface area (Å²) in [5, 5.41) is 6.55. The van der Waals surface area contributed by atoms with Crippen LogP contribution in [-0.4, -0.2) is 54.8 Å². The summed E-state index contributed by atoms with van der Waals surface area (Å²) in [4.78, 5) is 54.6. The van der Waals surface area contributed by atoms with Crippen molar-refractivity contribution in [1.82, 2.24) is 54.8 Å². The lowest BCUT2D eigenvalue weighted by Crippen LogP contribution is -2.00. The highest BCUT2D eigenvalue weighted by molar-refractivity contribution is 6.10. The number of hydrogen-bond acceptors (Lipinski definition) is 11. The number of nitrogens with zero attached hydrogens (tertiary/aromatic N) is 11. The van der Waals surface area contributed by atoms with Crippen LogP contribution in [0.15, 0.2) is 298 Å². The van der Waals surface area contributed by atoms with Gasteiger partial charge < -0.3 is 0 Å². The number of hydrogen-bond donors (Lipinski definition) is 0. The average Bonchev–Trinajstić information content (AvgIpc) is 0.769. The third kappa shape index (κ3) is 12.2. The van der Waals surface area contributed by atoms with Gasteiger partial charge in [-0.25, -0.2) is 24.9 Å². The first-order valence-electron chi connectivity index (χ1n) is 34.3. The van der Waals surface area contributed by atoms with E-state index in [4.69, 9.17) is 54.8 Å². The summed E-state index contributed by atoms with van der Waals surface area (Å²) >= 11 is 0. The zero-order chi connectivity index (χ0) is 68.8. The highest BCUT2D eigenvalue weighted by Crippen LogP contribution is 2.40. The van der Waals surface area contributed by atoms with E-state index in [2.05, 4.69) is 232 Å². The Balaban J connectivity index is 0.000000152. The van der Waals surface area contributed by atoms with Crippen LogP contribution in [0.25, 0.3) is 178 Å². The summed E-state index contributed by atoms with van der Waals surface area (Å²) in [5.74, 6) is 2.79. The van der Waals surface area contributed by atoms with E-state index in [-0.39, 0.29) is 5.92 Å². The maximum Gasteiger partial charge on any atom is 0.164 e. The molecule has 18 aromatic rings. The first kappa shape index (κ1) is 62.3. The molecule has 0 radical (unpaired) electrons. The molecule has 18 rings (SSSR count). The van der Waals surface area contributed by atoms with Gasteiger partial charge in [0.15, 0.2) is 23.3 Å². The second-order valence-electron chi connectivity index (χ2n) is 26.1. The van der Waals surface area contributed by atoms with Crippen LogP contribution in [0.3, 0.4) is 0 Å². The molecule has 0 spiro atoms. The average molecular weight is 1310 g/mol. The summed E-state index contributed by atoms with van der Waals surface area (Å²) in [6.45, 7) is 10.5. The Hall–Kier alpha value is -13.3. The van der Waals surface area contributed by atoms with Crippen molar-refractivity contribution in [3.05, 3.63) is 320 Å². The number of pyridine rings is 6. The number of benzene rings is 10. The topological polar surface area (TPSA) is 142 Å². The number of aryl methyl sites for hydroxylation is 3. The number of aromatic nitrogens is 11. The van der Waals surface area contributed by atoms with E-state index < -0.39 is 0 Å². The van der Waals surface area contributed by atoms with E-state index in [1.54, 1.807) is 0 Å². The molecular formula is C91H65N11. The van der Waals surface area contributed by atoms with Crippen LogP contribution >= 0.6 is 0 Å². The second kappa shape index (κ2) is 26.5. The first-order valence-corrected chi connectivity index (χ1v) is 34.3. The van der Waals surface area contributed by atoms with E-state index >= 15 is 0 Å². The van der Waals surface area contributed by atoms with E-state index in [1.807, 2.05) is 99.9 Å². The van der Waals surface area contributed by atoms with E-state index in [1.165, 1.54) is 0 Å². The molecule has 0 fully saturated rings. The minimum atomic E-state index is 0.262. The highest BCUT2D eigenvalue weighted by atomic mass is 15.0. The number of para-hydroxylation sites is 2. The van der Waals surface area contributed by atoms with Gasteiger partial charge in [-0.1, -0.05) is 238 Å². The molecule has 8 heterocycles. The van der Waals surface area contributed by atoms with E-state index in [0.29, 0.717) is 23.3 Å². The summed E-state index contributed by atoms with van der Waals surface area (Å²) in [6.07, 6.45) is 3.69. The molecule has 0 saturated carbocycles. The second-order valence-corrected chi connectivity index (χ2v) is 26.1. The van der Waals surface area contributed by atoms with Gasteiger partial charge in [0, 0.05) is 112 Å². The molecule has 0 N–H and O–H groups in total. The maximum atomic E-state index is 5.14. The zero-order valence-electron chi connectivity index (χ0n) is 56.8. The van der Waals surface area contributed by atoms with Crippen molar-refractivity contribution in [2.45, 2.75) is 40.5 Å². The molecule has 0 aliphatic rings. The fourth-order valence-corrected chi connectivity index (χ4v) is 13.7. The monoisotopic (exact) mass is 1310 g/mol. The van der Waals surface area contributed by atoms with Crippen molar-refractivity contribution in [2.75, 3.05) is 0 Å². The third-order valence-electron chi connectivity index (χ3n) is 18.8. The van der Waals surface area contributed by atoms with Crippen molar-refractivity contribution in [2.24, 2.45) is 0 Å². The summed E-state index contributed by atoms with van der Waals surface area (Å²) in [6, 6.07) is 98.4. The van der Waals surface area contributed by atoms with Crippen LogP contribution in [-0.2, 0) is 0 Å². The summed E-state index contributed by atoms with van der Waals surface area (Å²) in [7, 11) is 0. The smallest absolute Gasteiger partial charge is 0.164 e. The van der Waals surface area contributed by atoms with Crippen LogP contribution in [0.1, 0.15) is 42.5 Å². The highest BCUT2D eigenvalue weighted by Gasteiger charge is 2.20. The maximum absolute atomic E-state index is 5.14. The van der Waals surface area contributed by atoms with Crippen molar-refractivity contribution in [1.29, 1.82) is 0 Å². The number of rotatable bonds is 11. The Morgan fingerprint density at radius 2 is 0.608 bits per heavy atom. The molecule has 0 atom stereocenters. The van der Waals surface area contributed by atoms with Gasteiger partial charge in [-0.2, -0.15) is 0 Å². The van der Waals surface area contributed by atoms with Crippen molar-refractivity contribution < 1.29 is 0 Å². The normalized spacial score (nSPS) is 11.5. The van der Waals surface area contributed by atoms with Crippen LogP contribution < -0.4 is 0 Å². The lowest BCUT2D eigenvalue weighted by atomic mass is 9.95. The molecule has 11 nitrogen and oxygen atoms in total. The number of fused-ring (bicyclic) bond motifs is 8. The van der Waals surface area contributed by atoms with Gasteiger partial charge in [-0.3, -0.25) is 29.9 Å². The molecular weight excluding hydrogens is 1250 g/mol. The predicted octanol–water partition coefficient (Wildman–Crippen LogP) is 22.4. The third-order valence-corrected chi connectivity index (χ3v) is 18.8. The Labute approximate surface area is 590 Å². The standard InChI is InChI=1S/C46H34N6.C45H31N5/c1-28(2)40-27-39(38-24-23-32-18-17-29(3)48-42(32)43(38)49-40)30-19-21-34(22-20-30)45-50-44(33-10-5-4-6-11-33)51-46(52-45)36-14-7-13-35(26-36)37-16-8-12-31-15-9-25-47-41(31)37;1-28-19-20-31-21-22-38-39(24-29(2)48-44(38)43(31)47-28)34-14-7-16-36(26-34)41-27-40(49-45(50-41)32-10-4-3-5-11-32)35-15-6-13-33(25-35)37-18-8-12-30-17-9-23-46-42(30)37/h4-28H,1-3H3;3-27H,1-2H3. The van der Waals surface area contributed by atoms with E-state index in [0.717, 1.165) is 177 Å². The summed E-state index contributed by atoms with van der Waals surface area (Å²) < 4.78 is 0. The van der Waals surface area contributed by atoms with Crippen molar-refractivity contribution in [3.8, 4) is 113 Å². The molecule has 8 aromatic heterocycles. The molecule has 0 amide bonds. The van der Waals surface area contributed by atoms with Crippen molar-refractivity contribution in [3.63, 3.8) is 0 Å². The van der Waals surface area contributed by atoms with Gasteiger partial charge in [0.2, 0.25) is 0 Å². The minimum absolute atomic E-state index is 0.262.